The molecule has 1 N–H and O–H groups in total. The summed E-state index contributed by atoms with van der Waals surface area (Å²) in [5, 5.41) is 9.28. The van der Waals surface area contributed by atoms with Gasteiger partial charge in [0.15, 0.2) is 0 Å². The van der Waals surface area contributed by atoms with E-state index in [-0.39, 0.29) is 17.7 Å². The average molecular weight is 307 g/mol. The summed E-state index contributed by atoms with van der Waals surface area (Å²) in [5.41, 5.74) is 0. The van der Waals surface area contributed by atoms with E-state index in [9.17, 15) is 9.90 Å². The summed E-state index contributed by atoms with van der Waals surface area (Å²) >= 11 is 1.54. The van der Waals surface area contributed by atoms with Crippen molar-refractivity contribution in [3.8, 4) is 5.75 Å². The Labute approximate surface area is 131 Å². The van der Waals surface area contributed by atoms with Crippen LogP contribution in [0.4, 0.5) is 0 Å². The zero-order chi connectivity index (χ0) is 15.2. The monoisotopic (exact) mass is 307 g/mol. The van der Waals surface area contributed by atoms with Crippen LogP contribution in [0.15, 0.2) is 29.2 Å². The van der Waals surface area contributed by atoms with Gasteiger partial charge in [0.25, 0.3) is 0 Å². The second-order valence-corrected chi connectivity index (χ2v) is 7.02. The summed E-state index contributed by atoms with van der Waals surface area (Å²) in [5.74, 6) is 0.964. The van der Waals surface area contributed by atoms with Crippen LogP contribution in [-0.2, 0) is 4.79 Å². The van der Waals surface area contributed by atoms with Gasteiger partial charge < -0.3 is 10.0 Å². The Morgan fingerprint density at radius 3 is 2.43 bits per heavy atom. The van der Waals surface area contributed by atoms with Crippen molar-refractivity contribution < 1.29 is 9.90 Å². The van der Waals surface area contributed by atoms with E-state index in [2.05, 4.69) is 18.7 Å². The largest absolute Gasteiger partial charge is 0.508 e. The highest BCUT2D eigenvalue weighted by molar-refractivity contribution is 8.00. The number of nitrogens with zero attached hydrogens (tertiary/aromatic N) is 1. The molecule has 0 radical (unpaired) electrons. The summed E-state index contributed by atoms with van der Waals surface area (Å²) < 4.78 is 0. The van der Waals surface area contributed by atoms with Crippen LogP contribution in [-0.4, -0.2) is 33.8 Å². The van der Waals surface area contributed by atoms with Crippen molar-refractivity contribution in [3.05, 3.63) is 24.3 Å². The molecule has 0 aromatic heterocycles. The number of phenolic OH excluding ortho intramolecular Hbond substituents is 1. The fourth-order valence-electron chi connectivity index (χ4n) is 3.03. The Morgan fingerprint density at radius 2 is 1.86 bits per heavy atom. The van der Waals surface area contributed by atoms with E-state index >= 15 is 0 Å². The van der Waals surface area contributed by atoms with Gasteiger partial charge in [-0.05, 0) is 51.0 Å². The third-order valence-corrected chi connectivity index (χ3v) is 5.01. The molecule has 0 heterocycles. The summed E-state index contributed by atoms with van der Waals surface area (Å²) in [4.78, 5) is 15.7. The molecule has 0 spiro atoms. The molecule has 1 fully saturated rings. The molecule has 1 aliphatic rings. The lowest BCUT2D eigenvalue weighted by molar-refractivity contribution is -0.133. The number of rotatable bonds is 5. The maximum atomic E-state index is 12.6. The van der Waals surface area contributed by atoms with Gasteiger partial charge in [-0.2, -0.15) is 0 Å². The van der Waals surface area contributed by atoms with Crippen LogP contribution in [0.5, 0.6) is 5.75 Å². The molecule has 0 atom stereocenters. The molecule has 1 amide bonds. The topological polar surface area (TPSA) is 40.5 Å². The van der Waals surface area contributed by atoms with Crippen LogP contribution in [0.1, 0.15) is 46.0 Å². The van der Waals surface area contributed by atoms with E-state index in [4.69, 9.17) is 0 Å². The molecule has 21 heavy (non-hydrogen) atoms. The molecule has 4 heteroatoms. The number of amides is 1. The summed E-state index contributed by atoms with van der Waals surface area (Å²) in [7, 11) is 0. The van der Waals surface area contributed by atoms with E-state index in [0.717, 1.165) is 17.7 Å². The van der Waals surface area contributed by atoms with E-state index in [0.29, 0.717) is 11.8 Å². The summed E-state index contributed by atoms with van der Waals surface area (Å²) in [6.45, 7) is 4.22. The highest BCUT2D eigenvalue weighted by atomic mass is 32.2. The van der Waals surface area contributed by atoms with Gasteiger partial charge in [0.1, 0.15) is 5.75 Å². The van der Waals surface area contributed by atoms with Gasteiger partial charge in [-0.15, -0.1) is 11.8 Å². The smallest absolute Gasteiger partial charge is 0.233 e. The molecule has 0 bridgehead atoms. The molecule has 0 unspecified atom stereocenters. The number of phenols is 1. The van der Waals surface area contributed by atoms with Crippen molar-refractivity contribution in [2.24, 2.45) is 0 Å². The maximum absolute atomic E-state index is 12.6. The van der Waals surface area contributed by atoms with Crippen LogP contribution in [0.2, 0.25) is 0 Å². The molecule has 116 valence electrons. The second-order valence-electron chi connectivity index (χ2n) is 5.97. The average Bonchev–Trinajstić information content (AvgIpc) is 2.47. The molecule has 0 saturated heterocycles. The number of hydrogen-bond donors (Lipinski definition) is 1. The molecule has 1 saturated carbocycles. The van der Waals surface area contributed by atoms with Crippen LogP contribution < -0.4 is 0 Å². The highest BCUT2D eigenvalue weighted by Crippen LogP contribution is 2.26. The number of thioether (sulfide) groups is 1. The minimum Gasteiger partial charge on any atom is -0.508 e. The quantitative estimate of drug-likeness (QED) is 0.834. The summed E-state index contributed by atoms with van der Waals surface area (Å²) in [6, 6.07) is 7.72. The zero-order valence-corrected chi connectivity index (χ0v) is 13.7. The fraction of sp³-hybridized carbons (Fsp3) is 0.588. The molecule has 1 aliphatic carbocycles. The lowest BCUT2D eigenvalue weighted by Gasteiger charge is -2.37. The normalized spacial score (nSPS) is 16.1. The number of carbonyl (C=O) groups is 1. The predicted molar refractivity (Wildman–Crippen MR) is 87.7 cm³/mol. The Hall–Kier alpha value is -1.16. The van der Waals surface area contributed by atoms with Gasteiger partial charge in [0.05, 0.1) is 5.75 Å². The van der Waals surface area contributed by atoms with E-state index < -0.39 is 0 Å². The number of benzene rings is 1. The van der Waals surface area contributed by atoms with E-state index in [1.165, 1.54) is 19.3 Å². The fourth-order valence-corrected chi connectivity index (χ4v) is 3.80. The SMILES string of the molecule is CC(C)N(C(=O)CSc1ccc(O)cc1)C1CCCCC1. The van der Waals surface area contributed by atoms with Gasteiger partial charge in [0.2, 0.25) is 5.91 Å². The molecule has 0 aliphatic heterocycles. The second kappa shape index (κ2) is 7.74. The first kappa shape index (κ1) is 16.2. The standard InChI is InChI=1S/C17H25NO2S/c1-13(2)18(14-6-4-3-5-7-14)17(20)12-21-16-10-8-15(19)9-11-16/h8-11,13-14,19H,3-7,12H2,1-2H3. The van der Waals surface area contributed by atoms with E-state index in [1.54, 1.807) is 23.9 Å². The molecule has 1 aromatic carbocycles. The first-order valence-corrected chi connectivity index (χ1v) is 8.79. The van der Waals surface area contributed by atoms with Crippen LogP contribution in [0.25, 0.3) is 0 Å². The minimum atomic E-state index is 0.231. The van der Waals surface area contributed by atoms with Gasteiger partial charge in [0, 0.05) is 17.0 Å². The van der Waals surface area contributed by atoms with Crippen molar-refractivity contribution >= 4 is 17.7 Å². The van der Waals surface area contributed by atoms with Crippen molar-refractivity contribution in [2.45, 2.75) is 62.9 Å². The van der Waals surface area contributed by atoms with Crippen molar-refractivity contribution in [1.82, 2.24) is 4.90 Å². The van der Waals surface area contributed by atoms with Crippen molar-refractivity contribution in [3.63, 3.8) is 0 Å². The third kappa shape index (κ3) is 4.67. The Balaban J connectivity index is 1.93. The van der Waals surface area contributed by atoms with Crippen molar-refractivity contribution in [1.29, 1.82) is 0 Å². The van der Waals surface area contributed by atoms with Gasteiger partial charge in [-0.1, -0.05) is 19.3 Å². The lowest BCUT2D eigenvalue weighted by atomic mass is 9.93. The minimum absolute atomic E-state index is 0.231. The van der Waals surface area contributed by atoms with Gasteiger partial charge in [-0.3, -0.25) is 4.79 Å². The zero-order valence-electron chi connectivity index (χ0n) is 12.9. The molecule has 2 rings (SSSR count). The van der Waals surface area contributed by atoms with Crippen molar-refractivity contribution in [2.75, 3.05) is 5.75 Å². The maximum Gasteiger partial charge on any atom is 0.233 e. The van der Waals surface area contributed by atoms with Gasteiger partial charge in [-0.25, -0.2) is 0 Å². The first-order valence-electron chi connectivity index (χ1n) is 7.81. The van der Waals surface area contributed by atoms with Gasteiger partial charge >= 0.3 is 0 Å². The first-order chi connectivity index (χ1) is 10.1. The third-order valence-electron chi connectivity index (χ3n) is 4.01. The number of aromatic hydroxyl groups is 1. The Kier molecular flexibility index (Phi) is 5.97. The molecule has 1 aromatic rings. The Bertz CT molecular complexity index is 452. The molecular weight excluding hydrogens is 282 g/mol. The van der Waals surface area contributed by atoms with Crippen LogP contribution in [0.3, 0.4) is 0 Å². The van der Waals surface area contributed by atoms with Crippen LogP contribution >= 0.6 is 11.8 Å². The lowest BCUT2D eigenvalue weighted by Crippen LogP contribution is -2.46. The predicted octanol–water partition coefficient (Wildman–Crippen LogP) is 4.05. The summed E-state index contributed by atoms with van der Waals surface area (Å²) in [6.07, 6.45) is 6.08. The van der Waals surface area contributed by atoms with E-state index in [1.807, 2.05) is 12.1 Å². The highest BCUT2D eigenvalue weighted by Gasteiger charge is 2.27. The number of hydrogen-bond acceptors (Lipinski definition) is 3. The van der Waals surface area contributed by atoms with Crippen LogP contribution in [0, 0.1) is 0 Å². The molecule has 3 nitrogen and oxygen atoms in total. The Morgan fingerprint density at radius 1 is 1.24 bits per heavy atom. The number of carbonyl (C=O) groups excluding carboxylic acids is 1. The molecular formula is C17H25NO2S.